The first-order valence-electron chi connectivity index (χ1n) is 10.4. The highest BCUT2D eigenvalue weighted by atomic mass is 32.2. The van der Waals surface area contributed by atoms with Crippen LogP contribution in [0.4, 0.5) is 0 Å². The number of fused-ring (bicyclic) bond motifs is 2. The highest BCUT2D eigenvalue weighted by Crippen LogP contribution is 2.33. The molecule has 1 saturated heterocycles. The molecule has 0 N–H and O–H groups in total. The van der Waals surface area contributed by atoms with Gasteiger partial charge in [-0.15, -0.1) is 11.3 Å². The zero-order valence-electron chi connectivity index (χ0n) is 17.0. The third-order valence-corrected chi connectivity index (χ3v) is 7.85. The first kappa shape index (κ1) is 19.6. The van der Waals surface area contributed by atoms with Gasteiger partial charge in [-0.3, -0.25) is 4.79 Å². The summed E-state index contributed by atoms with van der Waals surface area (Å²) in [6.45, 7) is 4.57. The number of thioether (sulfide) groups is 1. The molecule has 2 aromatic carbocycles. The average molecular weight is 437 g/mol. The molecule has 0 radical (unpaired) electrons. The number of hydrogen-bond acceptors (Lipinski definition) is 5. The molecule has 0 unspecified atom stereocenters. The van der Waals surface area contributed by atoms with Gasteiger partial charge in [-0.1, -0.05) is 36.0 Å². The number of carbonyl (C=O) groups excluding carboxylic acids is 1. The van der Waals surface area contributed by atoms with Crippen molar-refractivity contribution in [2.75, 3.05) is 18.8 Å². The zero-order chi connectivity index (χ0) is 20.5. The summed E-state index contributed by atoms with van der Waals surface area (Å²) in [6.07, 6.45) is 2.13. The smallest absolute Gasteiger partial charge is 0.233 e. The van der Waals surface area contributed by atoms with Crippen LogP contribution >= 0.6 is 23.1 Å². The van der Waals surface area contributed by atoms with Crippen molar-refractivity contribution in [3.8, 4) is 0 Å². The van der Waals surface area contributed by atoms with Gasteiger partial charge in [0.05, 0.1) is 32.0 Å². The predicted molar refractivity (Wildman–Crippen MR) is 124 cm³/mol. The molecule has 4 aromatic rings. The Morgan fingerprint density at radius 2 is 1.93 bits per heavy atom. The lowest BCUT2D eigenvalue weighted by atomic mass is 9.99. The van der Waals surface area contributed by atoms with E-state index in [0.29, 0.717) is 11.7 Å². The second-order valence-electron chi connectivity index (χ2n) is 7.61. The number of nitrogens with zero attached hydrogens (tertiary/aromatic N) is 4. The van der Waals surface area contributed by atoms with E-state index in [0.717, 1.165) is 59.2 Å². The summed E-state index contributed by atoms with van der Waals surface area (Å²) in [7, 11) is 0. The molecule has 7 heteroatoms. The van der Waals surface area contributed by atoms with Gasteiger partial charge in [-0.25, -0.2) is 9.97 Å². The molecule has 5 rings (SSSR count). The SMILES string of the molecule is CCn1c(SCC(=O)N2CCC[C@@H](c3nc4ccccc4s3)C2)nc2ccccc21. The minimum Gasteiger partial charge on any atom is -0.341 e. The number of likely N-dealkylation sites (tertiary alicyclic amines) is 1. The summed E-state index contributed by atoms with van der Waals surface area (Å²) in [5, 5.41) is 2.08. The quantitative estimate of drug-likeness (QED) is 0.405. The zero-order valence-corrected chi connectivity index (χ0v) is 18.6. The van der Waals surface area contributed by atoms with E-state index in [-0.39, 0.29) is 5.91 Å². The van der Waals surface area contributed by atoms with Crippen molar-refractivity contribution in [1.29, 1.82) is 0 Å². The number of carbonyl (C=O) groups is 1. The van der Waals surface area contributed by atoms with Crippen LogP contribution in [0.15, 0.2) is 53.7 Å². The van der Waals surface area contributed by atoms with Crippen molar-refractivity contribution in [1.82, 2.24) is 19.4 Å². The fraction of sp³-hybridized carbons (Fsp3) is 0.348. The Hall–Kier alpha value is -2.38. The van der Waals surface area contributed by atoms with Crippen molar-refractivity contribution < 1.29 is 4.79 Å². The van der Waals surface area contributed by atoms with E-state index < -0.39 is 0 Å². The van der Waals surface area contributed by atoms with Gasteiger partial charge in [0, 0.05) is 25.6 Å². The van der Waals surface area contributed by atoms with Crippen molar-refractivity contribution in [3.05, 3.63) is 53.5 Å². The molecule has 1 aliphatic heterocycles. The first-order valence-corrected chi connectivity index (χ1v) is 12.2. The van der Waals surface area contributed by atoms with Gasteiger partial charge in [0.25, 0.3) is 0 Å². The third-order valence-electron chi connectivity index (χ3n) is 5.69. The number of hydrogen-bond donors (Lipinski definition) is 0. The minimum atomic E-state index is 0.195. The first-order chi connectivity index (χ1) is 14.7. The molecule has 5 nitrogen and oxygen atoms in total. The molecule has 3 heterocycles. The van der Waals surface area contributed by atoms with Crippen LogP contribution in [0.25, 0.3) is 21.3 Å². The molecule has 2 aromatic heterocycles. The number of benzene rings is 2. The van der Waals surface area contributed by atoms with Crippen LogP contribution in [-0.4, -0.2) is 44.2 Å². The van der Waals surface area contributed by atoms with E-state index in [2.05, 4.69) is 35.8 Å². The Morgan fingerprint density at radius 1 is 1.13 bits per heavy atom. The lowest BCUT2D eigenvalue weighted by molar-refractivity contribution is -0.129. The normalized spacial score (nSPS) is 17.1. The molecule has 1 aliphatic rings. The van der Waals surface area contributed by atoms with Crippen LogP contribution in [0, 0.1) is 0 Å². The van der Waals surface area contributed by atoms with Crippen molar-refractivity contribution in [2.45, 2.75) is 37.4 Å². The molecule has 0 aliphatic carbocycles. The fourth-order valence-corrected chi connectivity index (χ4v) is 6.23. The summed E-state index contributed by atoms with van der Waals surface area (Å²) in [5.41, 5.74) is 3.18. The Bertz CT molecular complexity index is 1170. The van der Waals surface area contributed by atoms with Crippen LogP contribution in [0.3, 0.4) is 0 Å². The van der Waals surface area contributed by atoms with E-state index in [1.165, 1.54) is 4.70 Å². The van der Waals surface area contributed by atoms with Crippen molar-refractivity contribution >= 4 is 50.3 Å². The second-order valence-corrected chi connectivity index (χ2v) is 9.62. The van der Waals surface area contributed by atoms with Gasteiger partial charge in [0.15, 0.2) is 5.16 Å². The van der Waals surface area contributed by atoms with E-state index in [1.807, 2.05) is 29.2 Å². The van der Waals surface area contributed by atoms with Crippen LogP contribution in [0.5, 0.6) is 0 Å². The van der Waals surface area contributed by atoms with E-state index in [1.54, 1.807) is 23.1 Å². The molecule has 0 saturated carbocycles. The molecule has 1 atom stereocenters. The molecule has 1 fully saturated rings. The topological polar surface area (TPSA) is 51.0 Å². The number of thiazole rings is 1. The predicted octanol–water partition coefficient (Wildman–Crippen LogP) is 5.16. The largest absolute Gasteiger partial charge is 0.341 e. The molecule has 154 valence electrons. The Morgan fingerprint density at radius 3 is 2.77 bits per heavy atom. The monoisotopic (exact) mass is 436 g/mol. The lowest BCUT2D eigenvalue weighted by Crippen LogP contribution is -2.40. The summed E-state index contributed by atoms with van der Waals surface area (Å²) >= 11 is 3.32. The van der Waals surface area contributed by atoms with Gasteiger partial charge >= 0.3 is 0 Å². The molecular formula is C23H24N4OS2. The summed E-state index contributed by atoms with van der Waals surface area (Å²) in [6, 6.07) is 16.4. The van der Waals surface area contributed by atoms with Crippen LogP contribution in [-0.2, 0) is 11.3 Å². The Balaban J connectivity index is 1.27. The van der Waals surface area contributed by atoms with Crippen LogP contribution < -0.4 is 0 Å². The van der Waals surface area contributed by atoms with Gasteiger partial charge < -0.3 is 9.47 Å². The second kappa shape index (κ2) is 8.40. The van der Waals surface area contributed by atoms with Gasteiger partial charge in [-0.2, -0.15) is 0 Å². The van der Waals surface area contributed by atoms with Crippen LogP contribution in [0.2, 0.25) is 0 Å². The van der Waals surface area contributed by atoms with Gasteiger partial charge in [0.2, 0.25) is 5.91 Å². The average Bonchev–Trinajstić information content (AvgIpc) is 3.38. The lowest BCUT2D eigenvalue weighted by Gasteiger charge is -2.31. The molecular weight excluding hydrogens is 412 g/mol. The number of rotatable bonds is 5. The van der Waals surface area contributed by atoms with E-state index in [9.17, 15) is 4.79 Å². The molecule has 30 heavy (non-hydrogen) atoms. The molecule has 0 bridgehead atoms. The summed E-state index contributed by atoms with van der Waals surface area (Å²) < 4.78 is 3.41. The number of aromatic nitrogens is 3. The molecule has 0 spiro atoms. The number of imidazole rings is 1. The van der Waals surface area contributed by atoms with Crippen molar-refractivity contribution in [3.63, 3.8) is 0 Å². The Kier molecular flexibility index (Phi) is 5.48. The highest BCUT2D eigenvalue weighted by Gasteiger charge is 2.27. The maximum atomic E-state index is 13.0. The molecule has 1 amide bonds. The number of para-hydroxylation sites is 3. The Labute approximate surface area is 184 Å². The number of piperidine rings is 1. The number of amides is 1. The maximum absolute atomic E-state index is 13.0. The minimum absolute atomic E-state index is 0.195. The standard InChI is InChI=1S/C23H24N4OS2/c1-2-27-19-11-5-3-9-17(19)25-23(27)29-15-21(28)26-13-7-8-16(14-26)22-24-18-10-4-6-12-20(18)30-22/h3-6,9-12,16H,2,7-8,13-15H2,1H3/t16-/m1/s1. The van der Waals surface area contributed by atoms with Crippen molar-refractivity contribution in [2.24, 2.45) is 0 Å². The van der Waals surface area contributed by atoms with Crippen LogP contribution in [0.1, 0.15) is 30.7 Å². The fourth-order valence-electron chi connectivity index (χ4n) is 4.16. The summed E-state index contributed by atoms with van der Waals surface area (Å²) in [5.74, 6) is 0.960. The highest BCUT2D eigenvalue weighted by molar-refractivity contribution is 7.99. The summed E-state index contributed by atoms with van der Waals surface area (Å²) in [4.78, 5) is 24.6. The maximum Gasteiger partial charge on any atom is 0.233 e. The third kappa shape index (κ3) is 3.72. The number of aryl methyl sites for hydroxylation is 1. The van der Waals surface area contributed by atoms with E-state index in [4.69, 9.17) is 9.97 Å². The van der Waals surface area contributed by atoms with Gasteiger partial charge in [0.1, 0.15) is 0 Å². The van der Waals surface area contributed by atoms with Gasteiger partial charge in [-0.05, 0) is 44.0 Å². The van der Waals surface area contributed by atoms with E-state index >= 15 is 0 Å².